The van der Waals surface area contributed by atoms with E-state index in [-0.39, 0.29) is 17.7 Å². The molecule has 0 bridgehead atoms. The average molecular weight is 344 g/mol. The fourth-order valence-corrected chi connectivity index (χ4v) is 3.81. The minimum Gasteiger partial charge on any atom is -0.466 e. The Bertz CT molecular complexity index is 385. The second-order valence-electron chi connectivity index (χ2n) is 6.43. The number of aliphatic hydroxyl groups excluding tert-OH is 1. The summed E-state index contributed by atoms with van der Waals surface area (Å²) in [6.07, 6.45) is 8.28. The number of carbonyl (C=O) groups excluding carboxylic acids is 2. The molecule has 2 aliphatic carbocycles. The van der Waals surface area contributed by atoms with Crippen LogP contribution in [0.1, 0.15) is 58.3 Å². The van der Waals surface area contributed by atoms with Crippen LogP contribution in [0.25, 0.3) is 0 Å². The van der Waals surface area contributed by atoms with Gasteiger partial charge in [-0.2, -0.15) is 0 Å². The number of rotatable bonds is 4. The van der Waals surface area contributed by atoms with E-state index in [2.05, 4.69) is 0 Å². The lowest BCUT2D eigenvalue weighted by Gasteiger charge is -2.26. The maximum atomic E-state index is 11.1. The van der Waals surface area contributed by atoms with Gasteiger partial charge in [-0.3, -0.25) is 9.59 Å². The molecule has 1 heterocycles. The van der Waals surface area contributed by atoms with Gasteiger partial charge < -0.3 is 19.3 Å². The van der Waals surface area contributed by atoms with Crippen LogP contribution in [0.15, 0.2) is 0 Å². The summed E-state index contributed by atoms with van der Waals surface area (Å²) in [5.41, 5.74) is 0. The largest absolute Gasteiger partial charge is 0.466 e. The molecular weight excluding hydrogens is 312 g/mol. The first-order valence-corrected chi connectivity index (χ1v) is 8.87. The molecule has 3 aliphatic rings. The van der Waals surface area contributed by atoms with Crippen LogP contribution in [0, 0.1) is 11.8 Å². The van der Waals surface area contributed by atoms with Crippen molar-refractivity contribution in [2.75, 3.05) is 27.4 Å². The van der Waals surface area contributed by atoms with E-state index in [0.717, 1.165) is 33.0 Å². The summed E-state index contributed by atoms with van der Waals surface area (Å²) in [7, 11) is 2.77. The molecule has 0 aromatic heterocycles. The van der Waals surface area contributed by atoms with Crippen LogP contribution in [-0.2, 0) is 23.8 Å². The number of hydrogen-bond donors (Lipinski definition) is 1. The summed E-state index contributed by atoms with van der Waals surface area (Å²) in [4.78, 5) is 21.5. The van der Waals surface area contributed by atoms with Crippen LogP contribution in [0.3, 0.4) is 0 Å². The highest BCUT2D eigenvalue weighted by molar-refractivity contribution is 5.82. The average Bonchev–Trinajstić information content (AvgIpc) is 3.25. The Balaban J connectivity index is 0.000000220. The quantitative estimate of drug-likeness (QED) is 0.789. The number of carbonyl (C=O) groups is 2. The van der Waals surface area contributed by atoms with Gasteiger partial charge in [0.05, 0.1) is 13.2 Å². The SMILES string of the molecule is CC(=O)OCCC1CCCC1=O.CO.COC12CCCC1CCO2. The van der Waals surface area contributed by atoms with Gasteiger partial charge in [-0.25, -0.2) is 0 Å². The molecule has 1 aliphatic heterocycles. The third-order valence-corrected chi connectivity index (χ3v) is 5.06. The summed E-state index contributed by atoms with van der Waals surface area (Å²) in [6, 6.07) is 0. The van der Waals surface area contributed by atoms with Crippen LogP contribution in [0.2, 0.25) is 0 Å². The first-order chi connectivity index (χ1) is 11.6. The molecule has 0 aromatic carbocycles. The van der Waals surface area contributed by atoms with Gasteiger partial charge >= 0.3 is 5.97 Å². The molecule has 1 N–H and O–H groups in total. The van der Waals surface area contributed by atoms with Gasteiger partial charge in [0.2, 0.25) is 0 Å². The molecule has 0 spiro atoms. The molecule has 2 saturated carbocycles. The molecule has 3 unspecified atom stereocenters. The van der Waals surface area contributed by atoms with Gasteiger partial charge in [-0.15, -0.1) is 0 Å². The van der Waals surface area contributed by atoms with Crippen LogP contribution < -0.4 is 0 Å². The lowest BCUT2D eigenvalue weighted by atomic mass is 10.0. The molecule has 6 heteroatoms. The zero-order valence-electron chi connectivity index (χ0n) is 15.2. The molecule has 0 aromatic rings. The van der Waals surface area contributed by atoms with E-state index in [4.69, 9.17) is 19.3 Å². The number of ketones is 1. The fraction of sp³-hybridized carbons (Fsp3) is 0.889. The van der Waals surface area contributed by atoms with Crippen molar-refractivity contribution in [3.8, 4) is 0 Å². The number of ether oxygens (including phenoxy) is 3. The summed E-state index contributed by atoms with van der Waals surface area (Å²) in [5.74, 6) is 0.768. The van der Waals surface area contributed by atoms with Crippen molar-refractivity contribution in [2.45, 2.75) is 64.1 Å². The van der Waals surface area contributed by atoms with E-state index in [1.54, 1.807) is 7.11 Å². The first-order valence-electron chi connectivity index (χ1n) is 8.87. The lowest BCUT2D eigenvalue weighted by Crippen LogP contribution is -2.32. The Hall–Kier alpha value is -0.980. The van der Waals surface area contributed by atoms with E-state index < -0.39 is 0 Å². The molecule has 3 atom stereocenters. The molecule has 140 valence electrons. The van der Waals surface area contributed by atoms with Crippen LogP contribution >= 0.6 is 0 Å². The monoisotopic (exact) mass is 344 g/mol. The van der Waals surface area contributed by atoms with Gasteiger partial charge in [-0.1, -0.05) is 0 Å². The number of aliphatic hydroxyl groups is 1. The summed E-state index contributed by atoms with van der Waals surface area (Å²) in [5, 5.41) is 7.00. The number of esters is 1. The smallest absolute Gasteiger partial charge is 0.302 e. The predicted octanol–water partition coefficient (Wildman–Crippen LogP) is 2.47. The lowest BCUT2D eigenvalue weighted by molar-refractivity contribution is -0.204. The highest BCUT2D eigenvalue weighted by atomic mass is 16.7. The van der Waals surface area contributed by atoms with E-state index in [0.29, 0.717) is 31.1 Å². The fourth-order valence-electron chi connectivity index (χ4n) is 3.81. The molecule has 24 heavy (non-hydrogen) atoms. The van der Waals surface area contributed by atoms with Crippen LogP contribution in [0.5, 0.6) is 0 Å². The van der Waals surface area contributed by atoms with E-state index in [1.165, 1.54) is 26.2 Å². The standard InChI is InChI=1S/C9H14O3.C8H14O2.CH4O/c1-7(10)12-6-5-8-3-2-4-9(8)11;1-9-8-5-2-3-7(8)4-6-10-8;1-2/h8H,2-6H2,1H3;7H,2-6H2,1H3;2H,1H3. The van der Waals surface area contributed by atoms with E-state index in [9.17, 15) is 9.59 Å². The number of fused-ring (bicyclic) bond motifs is 1. The minimum absolute atomic E-state index is 0.153. The maximum Gasteiger partial charge on any atom is 0.302 e. The zero-order valence-corrected chi connectivity index (χ0v) is 15.2. The summed E-state index contributed by atoms with van der Waals surface area (Å²) < 4.78 is 15.8. The Kier molecular flexibility index (Phi) is 9.48. The van der Waals surface area contributed by atoms with Crippen molar-refractivity contribution < 1.29 is 28.9 Å². The van der Waals surface area contributed by atoms with Gasteiger partial charge in [0.15, 0.2) is 5.79 Å². The third-order valence-electron chi connectivity index (χ3n) is 5.06. The Labute approximate surface area is 144 Å². The van der Waals surface area contributed by atoms with Crippen molar-refractivity contribution in [3.05, 3.63) is 0 Å². The van der Waals surface area contributed by atoms with Crippen molar-refractivity contribution >= 4 is 11.8 Å². The number of Topliss-reactive ketones (excluding diaryl/α,β-unsaturated/α-hetero) is 1. The maximum absolute atomic E-state index is 11.1. The third kappa shape index (κ3) is 5.83. The molecule has 0 radical (unpaired) electrons. The topological polar surface area (TPSA) is 82.1 Å². The van der Waals surface area contributed by atoms with Crippen molar-refractivity contribution in [1.82, 2.24) is 0 Å². The van der Waals surface area contributed by atoms with Crippen LogP contribution in [-0.4, -0.2) is 50.1 Å². The highest BCUT2D eigenvalue weighted by Gasteiger charge is 2.47. The normalized spacial score (nSPS) is 30.8. The number of hydrogen-bond acceptors (Lipinski definition) is 6. The van der Waals surface area contributed by atoms with Gasteiger partial charge in [0.25, 0.3) is 0 Å². The zero-order chi connectivity index (χ0) is 18.0. The summed E-state index contributed by atoms with van der Waals surface area (Å²) in [6.45, 7) is 2.68. The van der Waals surface area contributed by atoms with Crippen LogP contribution in [0.4, 0.5) is 0 Å². The van der Waals surface area contributed by atoms with Gasteiger partial charge in [0.1, 0.15) is 5.78 Å². The van der Waals surface area contributed by atoms with Crippen molar-refractivity contribution in [3.63, 3.8) is 0 Å². The molecule has 3 fully saturated rings. The predicted molar refractivity (Wildman–Crippen MR) is 89.4 cm³/mol. The molecular formula is C18H32O6. The summed E-state index contributed by atoms with van der Waals surface area (Å²) >= 11 is 0. The van der Waals surface area contributed by atoms with Crippen molar-refractivity contribution in [2.24, 2.45) is 11.8 Å². The Morgan fingerprint density at radius 2 is 2.04 bits per heavy atom. The Morgan fingerprint density at radius 3 is 2.58 bits per heavy atom. The highest BCUT2D eigenvalue weighted by Crippen LogP contribution is 2.45. The minimum atomic E-state index is -0.263. The second kappa shape index (κ2) is 10.8. The number of methoxy groups -OCH3 is 1. The molecule has 0 amide bonds. The van der Waals surface area contributed by atoms with E-state index in [1.807, 2.05) is 0 Å². The van der Waals surface area contributed by atoms with Gasteiger partial charge in [-0.05, 0) is 38.5 Å². The second-order valence-corrected chi connectivity index (χ2v) is 6.43. The van der Waals surface area contributed by atoms with Gasteiger partial charge in [0, 0.05) is 45.8 Å². The van der Waals surface area contributed by atoms with E-state index >= 15 is 0 Å². The molecule has 6 nitrogen and oxygen atoms in total. The molecule has 3 rings (SSSR count). The Morgan fingerprint density at radius 1 is 1.29 bits per heavy atom. The molecule has 1 saturated heterocycles. The van der Waals surface area contributed by atoms with Crippen molar-refractivity contribution in [1.29, 1.82) is 0 Å². The first kappa shape index (κ1) is 21.1.